The van der Waals surface area contributed by atoms with Crippen molar-refractivity contribution in [2.45, 2.75) is 53.2 Å². The van der Waals surface area contributed by atoms with Crippen LogP contribution in [0.15, 0.2) is 45.8 Å². The number of morpholine rings is 1. The molecule has 1 aliphatic rings. The Bertz CT molecular complexity index is 1420. The van der Waals surface area contributed by atoms with Gasteiger partial charge in [0, 0.05) is 31.7 Å². The third-order valence-corrected chi connectivity index (χ3v) is 7.76. The predicted octanol–water partition coefficient (Wildman–Crippen LogP) is 3.69. The van der Waals surface area contributed by atoms with Crippen molar-refractivity contribution in [2.24, 2.45) is 5.92 Å². The Morgan fingerprint density at radius 1 is 1.15 bits per heavy atom. The fourth-order valence-corrected chi connectivity index (χ4v) is 5.51. The number of aryl methyl sites for hydroxylation is 2. The Balaban J connectivity index is 1.46. The second-order valence-corrected chi connectivity index (χ2v) is 10.8. The topological polar surface area (TPSA) is 105 Å². The monoisotopic (exact) mass is 533 g/mol. The van der Waals surface area contributed by atoms with Gasteiger partial charge in [-0.1, -0.05) is 26.0 Å². The minimum Gasteiger partial charge on any atom is -0.467 e. The number of aromatic amines is 1. The van der Waals surface area contributed by atoms with Crippen molar-refractivity contribution in [1.82, 2.24) is 35.0 Å². The van der Waals surface area contributed by atoms with Gasteiger partial charge in [0.25, 0.3) is 5.56 Å². The fourth-order valence-electron chi connectivity index (χ4n) is 5.51. The summed E-state index contributed by atoms with van der Waals surface area (Å²) in [4.78, 5) is 21.3. The number of furan rings is 1. The maximum absolute atomic E-state index is 13.3. The number of pyridine rings is 1. The van der Waals surface area contributed by atoms with E-state index in [-0.39, 0.29) is 17.5 Å². The molecule has 10 nitrogen and oxygen atoms in total. The summed E-state index contributed by atoms with van der Waals surface area (Å²) < 4.78 is 12.9. The first-order valence-corrected chi connectivity index (χ1v) is 13.9. The van der Waals surface area contributed by atoms with Crippen molar-refractivity contribution >= 4 is 10.9 Å². The summed E-state index contributed by atoms with van der Waals surface area (Å²) in [6.45, 7) is 14.7. The van der Waals surface area contributed by atoms with E-state index < -0.39 is 0 Å². The van der Waals surface area contributed by atoms with E-state index in [0.29, 0.717) is 13.1 Å². The molecule has 10 heteroatoms. The van der Waals surface area contributed by atoms with Crippen LogP contribution in [0.25, 0.3) is 10.9 Å². The second kappa shape index (κ2) is 12.2. The molecule has 0 amide bonds. The van der Waals surface area contributed by atoms with Gasteiger partial charge in [-0.2, -0.15) is 0 Å². The Labute approximate surface area is 228 Å². The van der Waals surface area contributed by atoms with Crippen molar-refractivity contribution in [3.05, 3.63) is 75.2 Å². The summed E-state index contributed by atoms with van der Waals surface area (Å²) >= 11 is 0. The maximum Gasteiger partial charge on any atom is 0.252 e. The van der Waals surface area contributed by atoms with Crippen LogP contribution in [0.2, 0.25) is 0 Å². The molecule has 0 unspecified atom stereocenters. The van der Waals surface area contributed by atoms with Gasteiger partial charge in [0.05, 0.1) is 31.0 Å². The first-order chi connectivity index (χ1) is 18.9. The molecule has 1 saturated heterocycles. The van der Waals surface area contributed by atoms with Crippen molar-refractivity contribution in [1.29, 1.82) is 0 Å². The first kappa shape index (κ1) is 27.2. The zero-order valence-corrected chi connectivity index (χ0v) is 23.4. The predicted molar refractivity (Wildman–Crippen MR) is 150 cm³/mol. The molecule has 3 aromatic heterocycles. The molecule has 208 valence electrons. The molecule has 1 aliphatic heterocycles. The average Bonchev–Trinajstić information content (AvgIpc) is 3.61. The third-order valence-electron chi connectivity index (χ3n) is 7.76. The molecule has 39 heavy (non-hydrogen) atoms. The standard InChI is InChI=1S/C29H39N7O3/c1-20(2)27(28-31-32-33-36(28)19-25-7-5-14-39-25)35(11-6-10-34-12-15-38-16-13-34)18-24-17-23-9-8-21(3)22(4)26(23)30-29(24)37/h5,7-9,14,17,20,27H,6,10-13,15-16,18-19H2,1-4H3,(H,30,37)/t27-/m1/s1. The maximum atomic E-state index is 13.3. The molecule has 1 aromatic carbocycles. The lowest BCUT2D eigenvalue weighted by Gasteiger charge is -2.34. The summed E-state index contributed by atoms with van der Waals surface area (Å²) in [5.41, 5.74) is 3.87. The summed E-state index contributed by atoms with van der Waals surface area (Å²) in [5, 5.41) is 13.8. The lowest BCUT2D eigenvalue weighted by molar-refractivity contribution is 0.0341. The van der Waals surface area contributed by atoms with E-state index >= 15 is 0 Å². The molecule has 1 N–H and O–H groups in total. The Morgan fingerprint density at radius 3 is 2.72 bits per heavy atom. The van der Waals surface area contributed by atoms with Gasteiger partial charge in [-0.05, 0) is 77.9 Å². The molecule has 0 saturated carbocycles. The van der Waals surface area contributed by atoms with Crippen LogP contribution in [0.4, 0.5) is 0 Å². The van der Waals surface area contributed by atoms with Crippen molar-refractivity contribution in [2.75, 3.05) is 39.4 Å². The quantitative estimate of drug-likeness (QED) is 0.311. The molecular formula is C29H39N7O3. The third kappa shape index (κ3) is 6.29. The first-order valence-electron chi connectivity index (χ1n) is 13.9. The fraction of sp³-hybridized carbons (Fsp3) is 0.517. The summed E-state index contributed by atoms with van der Waals surface area (Å²) in [6.07, 6.45) is 2.62. The van der Waals surface area contributed by atoms with E-state index in [2.05, 4.69) is 70.1 Å². The van der Waals surface area contributed by atoms with E-state index in [4.69, 9.17) is 9.15 Å². The molecule has 0 aliphatic carbocycles. The number of rotatable bonds is 11. The molecule has 4 heterocycles. The van der Waals surface area contributed by atoms with E-state index in [1.165, 1.54) is 5.56 Å². The molecule has 0 spiro atoms. The number of H-pyrrole nitrogens is 1. The van der Waals surface area contributed by atoms with Crippen LogP contribution in [0.5, 0.6) is 0 Å². The van der Waals surface area contributed by atoms with Crippen LogP contribution in [0.3, 0.4) is 0 Å². The summed E-state index contributed by atoms with van der Waals surface area (Å²) in [5.74, 6) is 1.78. The zero-order chi connectivity index (χ0) is 27.4. The molecule has 0 radical (unpaired) electrons. The van der Waals surface area contributed by atoms with Crippen molar-refractivity contribution in [3.63, 3.8) is 0 Å². The van der Waals surface area contributed by atoms with Gasteiger partial charge in [0.1, 0.15) is 12.3 Å². The largest absolute Gasteiger partial charge is 0.467 e. The van der Waals surface area contributed by atoms with Crippen LogP contribution < -0.4 is 5.56 Å². The Morgan fingerprint density at radius 2 is 1.97 bits per heavy atom. The number of hydrogen-bond donors (Lipinski definition) is 1. The average molecular weight is 534 g/mol. The van der Waals surface area contributed by atoms with E-state index in [9.17, 15) is 4.79 Å². The van der Waals surface area contributed by atoms with E-state index in [0.717, 1.165) is 79.4 Å². The zero-order valence-electron chi connectivity index (χ0n) is 23.4. The number of nitrogens with zero attached hydrogens (tertiary/aromatic N) is 6. The van der Waals surface area contributed by atoms with Gasteiger partial charge in [-0.15, -0.1) is 5.10 Å². The smallest absolute Gasteiger partial charge is 0.252 e. The normalized spacial score (nSPS) is 15.5. The number of benzene rings is 1. The second-order valence-electron chi connectivity index (χ2n) is 10.8. The molecular weight excluding hydrogens is 494 g/mol. The molecule has 1 fully saturated rings. The molecule has 4 aromatic rings. The lowest BCUT2D eigenvalue weighted by Crippen LogP contribution is -2.40. The van der Waals surface area contributed by atoms with Gasteiger partial charge in [-0.25, -0.2) is 4.68 Å². The summed E-state index contributed by atoms with van der Waals surface area (Å²) in [7, 11) is 0. The van der Waals surface area contributed by atoms with Crippen molar-refractivity contribution in [3.8, 4) is 0 Å². The van der Waals surface area contributed by atoms with Gasteiger partial charge < -0.3 is 14.1 Å². The number of aromatic nitrogens is 5. The molecule has 5 rings (SSSR count). The van der Waals surface area contributed by atoms with Crippen LogP contribution >= 0.6 is 0 Å². The van der Waals surface area contributed by atoms with E-state index in [1.807, 2.05) is 22.9 Å². The number of hydrogen-bond acceptors (Lipinski definition) is 8. The lowest BCUT2D eigenvalue weighted by atomic mass is 9.99. The van der Waals surface area contributed by atoms with Crippen LogP contribution in [0.1, 0.15) is 54.6 Å². The Kier molecular flexibility index (Phi) is 8.54. The van der Waals surface area contributed by atoms with Crippen LogP contribution in [0, 0.1) is 19.8 Å². The number of ether oxygens (including phenoxy) is 1. The van der Waals surface area contributed by atoms with Gasteiger partial charge in [0.2, 0.25) is 0 Å². The highest BCUT2D eigenvalue weighted by atomic mass is 16.5. The van der Waals surface area contributed by atoms with Gasteiger partial charge in [0.15, 0.2) is 5.82 Å². The number of fused-ring (bicyclic) bond motifs is 1. The number of tetrazole rings is 1. The van der Waals surface area contributed by atoms with E-state index in [1.54, 1.807) is 6.26 Å². The minimum absolute atomic E-state index is 0.0490. The van der Waals surface area contributed by atoms with Crippen LogP contribution in [-0.4, -0.2) is 74.4 Å². The molecule has 1 atom stereocenters. The highest BCUT2D eigenvalue weighted by Gasteiger charge is 2.30. The van der Waals surface area contributed by atoms with Crippen LogP contribution in [-0.2, 0) is 17.8 Å². The number of nitrogens with one attached hydrogen (secondary N) is 1. The summed E-state index contributed by atoms with van der Waals surface area (Å²) in [6, 6.07) is 9.94. The molecule has 0 bridgehead atoms. The minimum atomic E-state index is -0.0884. The highest BCUT2D eigenvalue weighted by Crippen LogP contribution is 2.29. The highest BCUT2D eigenvalue weighted by molar-refractivity contribution is 5.83. The van der Waals surface area contributed by atoms with Gasteiger partial charge >= 0.3 is 0 Å². The Hall–Kier alpha value is -3.34. The van der Waals surface area contributed by atoms with Crippen molar-refractivity contribution < 1.29 is 9.15 Å². The van der Waals surface area contributed by atoms with Gasteiger partial charge in [-0.3, -0.25) is 14.6 Å². The SMILES string of the molecule is Cc1ccc2cc(CN(CCCN3CCOCC3)[C@@H](c3nnnn3Cc3ccco3)C(C)C)c(=O)[nH]c2c1C.